The molecule has 1 amide bonds. The molecule has 0 saturated heterocycles. The van der Waals surface area contributed by atoms with Gasteiger partial charge >= 0.3 is 6.09 Å². The fraction of sp³-hybridized carbons (Fsp3) is 0.512. The molecule has 12 nitrogen and oxygen atoms in total. The molecule has 1 atom stereocenters. The summed E-state index contributed by atoms with van der Waals surface area (Å²) in [5.74, 6) is 0.656. The maximum Gasteiger partial charge on any atom is 0.410 e. The number of nitrogens with one attached hydrogen (secondary N) is 1. The Labute approximate surface area is 340 Å². The van der Waals surface area contributed by atoms with Crippen LogP contribution >= 0.6 is 0 Å². The molecule has 5 rings (SSSR count). The van der Waals surface area contributed by atoms with Gasteiger partial charge < -0.3 is 18.7 Å². The number of aliphatic hydroxyl groups is 1. The van der Waals surface area contributed by atoms with E-state index in [9.17, 15) is 9.90 Å². The molecule has 1 aromatic carbocycles. The van der Waals surface area contributed by atoms with Gasteiger partial charge in [-0.25, -0.2) is 19.4 Å². The molecule has 57 heavy (non-hydrogen) atoms. The third kappa shape index (κ3) is 10.5. The van der Waals surface area contributed by atoms with Crippen LogP contribution < -0.4 is 5.32 Å². The van der Waals surface area contributed by atoms with Crippen LogP contribution in [-0.4, -0.2) is 69.6 Å². The van der Waals surface area contributed by atoms with E-state index in [0.717, 1.165) is 33.4 Å². The van der Waals surface area contributed by atoms with Gasteiger partial charge in [0, 0.05) is 42.8 Å². The molecule has 1 unspecified atom stereocenters. The van der Waals surface area contributed by atoms with Gasteiger partial charge in [0.05, 0.1) is 41.1 Å². The molecule has 4 heterocycles. The average Bonchev–Trinajstić information content (AvgIpc) is 3.73. The van der Waals surface area contributed by atoms with Gasteiger partial charge in [0.1, 0.15) is 5.60 Å². The molecular weight excluding hydrogens is 751 g/mol. The van der Waals surface area contributed by atoms with E-state index in [1.165, 1.54) is 0 Å². The third-order valence-corrected chi connectivity index (χ3v) is 20.2. The maximum absolute atomic E-state index is 13.2. The first-order valence-electron chi connectivity index (χ1n) is 19.8. The van der Waals surface area contributed by atoms with Crippen molar-refractivity contribution in [3.8, 4) is 28.3 Å². The summed E-state index contributed by atoms with van der Waals surface area (Å²) in [4.78, 5) is 23.2. The topological polar surface area (TPSA) is 138 Å². The summed E-state index contributed by atoms with van der Waals surface area (Å²) in [6.45, 7) is 28.3. The summed E-state index contributed by atoms with van der Waals surface area (Å²) in [7, 11) is -2.14. The summed E-state index contributed by atoms with van der Waals surface area (Å²) in [6, 6.07) is 17.4. The molecule has 308 valence electrons. The van der Waals surface area contributed by atoms with Crippen LogP contribution in [0.2, 0.25) is 36.3 Å². The highest BCUT2D eigenvalue weighted by molar-refractivity contribution is 6.74. The van der Waals surface area contributed by atoms with Crippen molar-refractivity contribution < 1.29 is 23.5 Å². The number of nitrogens with zero attached hydrogens (tertiary/aromatic N) is 6. The van der Waals surface area contributed by atoms with Crippen LogP contribution in [0.3, 0.4) is 0 Å². The Bertz CT molecular complexity index is 2190. The fourth-order valence-electron chi connectivity index (χ4n) is 5.79. The number of alkyl carbamates (subject to hydrolysis) is 1. The van der Waals surface area contributed by atoms with E-state index in [-0.39, 0.29) is 22.2 Å². The van der Waals surface area contributed by atoms with E-state index in [2.05, 4.69) is 73.0 Å². The van der Waals surface area contributed by atoms with Gasteiger partial charge in [0.25, 0.3) is 0 Å². The standard InChI is InChI=1S/C43H63N7O5Si2/c1-40(2,3)55-39(51)47-43(52,23-17-25-53-56(11,12)41(4,5)6)37-20-16-19-34(46-37)30-26-32(35-22-24-49(10)48-35)33-28-44-50(36(33)27-30)38-21-15-18-31(45-38)29-54-57(13,14)42(7,8)9/h15-16,18-22,24,26-28,52H,17,23,25,29H2,1-14H3,(H,47,51). The number of pyridine rings is 2. The first-order valence-corrected chi connectivity index (χ1v) is 25.6. The smallest absolute Gasteiger partial charge is 0.410 e. The zero-order chi connectivity index (χ0) is 42.2. The van der Waals surface area contributed by atoms with Crippen LogP contribution in [0.25, 0.3) is 39.2 Å². The van der Waals surface area contributed by atoms with Crippen LogP contribution in [0.5, 0.6) is 0 Å². The molecule has 0 fully saturated rings. The monoisotopic (exact) mass is 813 g/mol. The second-order valence-corrected chi connectivity index (χ2v) is 28.6. The van der Waals surface area contributed by atoms with Crippen molar-refractivity contribution in [2.24, 2.45) is 7.05 Å². The Kier molecular flexibility index (Phi) is 12.5. The number of carbonyl (C=O) groups is 1. The predicted molar refractivity (Wildman–Crippen MR) is 232 cm³/mol. The number of hydrogen-bond acceptors (Lipinski definition) is 9. The molecule has 0 saturated carbocycles. The van der Waals surface area contributed by atoms with Crippen molar-refractivity contribution in [2.75, 3.05) is 6.61 Å². The number of aryl methyl sites for hydroxylation is 1. The lowest BCUT2D eigenvalue weighted by Crippen LogP contribution is -2.48. The first-order chi connectivity index (χ1) is 26.3. The zero-order valence-electron chi connectivity index (χ0n) is 36.4. The average molecular weight is 814 g/mol. The summed E-state index contributed by atoms with van der Waals surface area (Å²) in [5, 5.41) is 25.6. The molecule has 14 heteroatoms. The minimum absolute atomic E-state index is 0.0382. The van der Waals surface area contributed by atoms with Crippen LogP contribution in [-0.2, 0) is 33.0 Å². The Hall–Kier alpha value is -4.22. The van der Waals surface area contributed by atoms with Gasteiger partial charge in [-0.1, -0.05) is 53.7 Å². The van der Waals surface area contributed by atoms with E-state index >= 15 is 0 Å². The van der Waals surface area contributed by atoms with Crippen molar-refractivity contribution in [1.82, 2.24) is 34.8 Å². The Morgan fingerprint density at radius 2 is 1.51 bits per heavy atom. The molecule has 0 bridgehead atoms. The molecule has 2 N–H and O–H groups in total. The van der Waals surface area contributed by atoms with Gasteiger partial charge in [-0.15, -0.1) is 0 Å². The SMILES string of the molecule is Cn1ccc(-c2cc(-c3cccc(C(O)(CCCO[Si](C)(C)C(C)(C)C)NC(=O)OC(C)(C)C)n3)cc3c2cnn3-c2cccc(CO[Si](C)(C)C(C)(C)C)n2)n1. The Morgan fingerprint density at radius 1 is 0.842 bits per heavy atom. The number of carbonyl (C=O) groups excluding carboxylic acids is 1. The summed E-state index contributed by atoms with van der Waals surface area (Å²) < 4.78 is 22.1. The number of aromatic nitrogens is 6. The fourth-order valence-corrected chi connectivity index (χ4v) is 7.82. The Balaban J connectivity index is 1.56. The minimum atomic E-state index is -2.03. The molecule has 5 aromatic rings. The van der Waals surface area contributed by atoms with Crippen LogP contribution in [0.4, 0.5) is 4.79 Å². The van der Waals surface area contributed by atoms with E-state index < -0.39 is 34.1 Å². The Morgan fingerprint density at radius 3 is 2.14 bits per heavy atom. The van der Waals surface area contributed by atoms with Gasteiger partial charge in [-0.05, 0) is 106 Å². The second-order valence-electron chi connectivity index (χ2n) is 19.0. The third-order valence-electron chi connectivity index (χ3n) is 11.2. The molecular formula is C43H63N7O5Si2. The van der Waals surface area contributed by atoms with Gasteiger partial charge in [0.15, 0.2) is 28.2 Å². The lowest BCUT2D eigenvalue weighted by Gasteiger charge is -2.36. The van der Waals surface area contributed by atoms with E-state index in [4.69, 9.17) is 33.8 Å². The predicted octanol–water partition coefficient (Wildman–Crippen LogP) is 9.88. The van der Waals surface area contributed by atoms with E-state index in [0.29, 0.717) is 31.1 Å². The van der Waals surface area contributed by atoms with Crippen molar-refractivity contribution in [3.63, 3.8) is 0 Å². The molecule has 0 aliphatic rings. The number of fused-ring (bicyclic) bond motifs is 1. The van der Waals surface area contributed by atoms with Crippen molar-refractivity contribution in [3.05, 3.63) is 78.4 Å². The zero-order valence-corrected chi connectivity index (χ0v) is 38.4. The first kappa shape index (κ1) is 43.9. The lowest BCUT2D eigenvalue weighted by atomic mass is 9.99. The highest BCUT2D eigenvalue weighted by atomic mass is 28.4. The highest BCUT2D eigenvalue weighted by Gasteiger charge is 2.39. The lowest BCUT2D eigenvalue weighted by molar-refractivity contribution is -0.0295. The maximum atomic E-state index is 13.2. The van der Waals surface area contributed by atoms with Crippen molar-refractivity contribution in [2.45, 2.75) is 129 Å². The van der Waals surface area contributed by atoms with Crippen LogP contribution in [0.15, 0.2) is 67.0 Å². The molecule has 4 aromatic heterocycles. The molecule has 0 aliphatic heterocycles. The summed E-state index contributed by atoms with van der Waals surface area (Å²) >= 11 is 0. The molecule has 0 aliphatic carbocycles. The summed E-state index contributed by atoms with van der Waals surface area (Å²) in [6.07, 6.45) is 3.63. The highest BCUT2D eigenvalue weighted by Crippen LogP contribution is 2.39. The van der Waals surface area contributed by atoms with Gasteiger partial charge in [-0.2, -0.15) is 10.2 Å². The minimum Gasteiger partial charge on any atom is -0.444 e. The van der Waals surface area contributed by atoms with Crippen molar-refractivity contribution >= 4 is 33.6 Å². The molecule has 0 spiro atoms. The van der Waals surface area contributed by atoms with E-state index in [1.807, 2.05) is 72.7 Å². The van der Waals surface area contributed by atoms with Gasteiger partial charge in [0.2, 0.25) is 0 Å². The number of amides is 1. The quantitative estimate of drug-likeness (QED) is 0.0676. The summed E-state index contributed by atoms with van der Waals surface area (Å²) in [5.41, 5.74) is 2.29. The van der Waals surface area contributed by atoms with Crippen molar-refractivity contribution in [1.29, 1.82) is 0 Å². The number of benzene rings is 1. The number of rotatable bonds is 13. The van der Waals surface area contributed by atoms with Crippen LogP contribution in [0.1, 0.15) is 86.5 Å². The van der Waals surface area contributed by atoms with E-state index in [1.54, 1.807) is 31.5 Å². The second kappa shape index (κ2) is 16.2. The number of ether oxygens (including phenoxy) is 1. The largest absolute Gasteiger partial charge is 0.444 e. The normalized spacial score (nSPS) is 14.2. The number of hydrogen-bond donors (Lipinski definition) is 2. The van der Waals surface area contributed by atoms with Gasteiger partial charge in [-0.3, -0.25) is 10.00 Å². The van der Waals surface area contributed by atoms with Crippen LogP contribution in [0, 0.1) is 0 Å². The molecule has 0 radical (unpaired) electrons.